The Morgan fingerprint density at radius 3 is 2.31 bits per heavy atom. The van der Waals surface area contributed by atoms with Crippen LogP contribution in [0.4, 0.5) is 11.4 Å². The molecule has 32 heavy (non-hydrogen) atoms. The first kappa shape index (κ1) is 23.1. The maximum absolute atomic E-state index is 12.5. The van der Waals surface area contributed by atoms with Crippen LogP contribution in [0.15, 0.2) is 48.5 Å². The smallest absolute Gasteiger partial charge is 0.337 e. The summed E-state index contributed by atoms with van der Waals surface area (Å²) in [6, 6.07) is 13.6. The number of rotatable bonds is 7. The molecule has 0 saturated carbocycles. The van der Waals surface area contributed by atoms with E-state index >= 15 is 0 Å². The van der Waals surface area contributed by atoms with Crippen molar-refractivity contribution < 1.29 is 24.2 Å². The molecule has 0 aliphatic carbocycles. The molecule has 8 heteroatoms. The molecular weight excluding hydrogens is 410 g/mol. The second kappa shape index (κ2) is 10.2. The number of hydrogen-bond acceptors (Lipinski definition) is 6. The number of carbonyl (C=O) groups excluding carboxylic acids is 2. The van der Waals surface area contributed by atoms with E-state index in [0.717, 1.165) is 5.69 Å². The Hall–Kier alpha value is -3.57. The minimum absolute atomic E-state index is 0.0811. The number of aliphatic hydroxyl groups is 1. The normalized spacial score (nSPS) is 14.9. The molecule has 168 valence electrons. The SMILES string of the molecule is [C-]#[N+]c1ccc(OCC(=O)N2CCC(O)(CN(C)c3ccc(C(=O)OC)cc3)CC2)cc1. The Bertz CT molecular complexity index is 974. The molecule has 2 aromatic rings. The quantitative estimate of drug-likeness (QED) is 0.530. The van der Waals surface area contributed by atoms with E-state index in [2.05, 4.69) is 4.85 Å². The molecule has 2 aromatic carbocycles. The molecule has 0 spiro atoms. The van der Waals surface area contributed by atoms with Crippen LogP contribution in [-0.2, 0) is 9.53 Å². The molecule has 1 heterocycles. The number of amides is 1. The summed E-state index contributed by atoms with van der Waals surface area (Å²) in [4.78, 5) is 31.0. The average Bonchev–Trinajstić information content (AvgIpc) is 2.82. The van der Waals surface area contributed by atoms with E-state index in [1.165, 1.54) is 7.11 Å². The van der Waals surface area contributed by atoms with E-state index in [1.54, 1.807) is 41.3 Å². The van der Waals surface area contributed by atoms with Crippen molar-refractivity contribution in [1.29, 1.82) is 0 Å². The molecule has 1 aliphatic rings. The highest BCUT2D eigenvalue weighted by molar-refractivity contribution is 5.89. The summed E-state index contributed by atoms with van der Waals surface area (Å²) in [5.74, 6) is 0.0198. The number of likely N-dealkylation sites (N-methyl/N-ethyl adjacent to an activating group) is 1. The highest BCUT2D eigenvalue weighted by Gasteiger charge is 2.35. The van der Waals surface area contributed by atoms with Crippen LogP contribution >= 0.6 is 0 Å². The molecule has 0 radical (unpaired) electrons. The van der Waals surface area contributed by atoms with Gasteiger partial charge in [-0.3, -0.25) is 4.79 Å². The molecule has 0 aromatic heterocycles. The standard InChI is InChI=1S/C24H27N3O5/c1-25-19-6-10-21(11-7-19)32-16-22(28)27-14-12-24(30,13-15-27)17-26(2)20-8-4-18(5-9-20)23(29)31-3/h4-11,30H,12-17H2,2-3H3. The summed E-state index contributed by atoms with van der Waals surface area (Å²) in [5, 5.41) is 11.0. The first-order chi connectivity index (χ1) is 15.3. The molecule has 0 bridgehead atoms. The molecule has 1 N–H and O–H groups in total. The summed E-state index contributed by atoms with van der Waals surface area (Å²) >= 11 is 0. The summed E-state index contributed by atoms with van der Waals surface area (Å²) in [6.45, 7) is 8.19. The Morgan fingerprint density at radius 1 is 1.12 bits per heavy atom. The second-order valence-electron chi connectivity index (χ2n) is 7.89. The monoisotopic (exact) mass is 437 g/mol. The zero-order valence-corrected chi connectivity index (χ0v) is 18.3. The van der Waals surface area contributed by atoms with Gasteiger partial charge in [0, 0.05) is 32.4 Å². The lowest BCUT2D eigenvalue weighted by Gasteiger charge is -2.40. The lowest BCUT2D eigenvalue weighted by molar-refractivity contribution is -0.137. The topological polar surface area (TPSA) is 83.7 Å². The van der Waals surface area contributed by atoms with Crippen LogP contribution in [0.2, 0.25) is 0 Å². The molecule has 0 atom stereocenters. The third-order valence-electron chi connectivity index (χ3n) is 5.64. The number of piperidine rings is 1. The fourth-order valence-electron chi connectivity index (χ4n) is 3.69. The third-order valence-corrected chi connectivity index (χ3v) is 5.64. The van der Waals surface area contributed by atoms with Crippen molar-refractivity contribution in [3.8, 4) is 5.75 Å². The van der Waals surface area contributed by atoms with Crippen molar-refractivity contribution in [2.24, 2.45) is 0 Å². The van der Waals surface area contributed by atoms with Crippen molar-refractivity contribution in [1.82, 2.24) is 4.90 Å². The van der Waals surface area contributed by atoms with Crippen molar-refractivity contribution in [3.63, 3.8) is 0 Å². The number of ether oxygens (including phenoxy) is 2. The van der Waals surface area contributed by atoms with Gasteiger partial charge in [-0.2, -0.15) is 0 Å². The molecule has 1 aliphatic heterocycles. The Balaban J connectivity index is 1.48. The van der Waals surface area contributed by atoms with Gasteiger partial charge >= 0.3 is 5.97 Å². The van der Waals surface area contributed by atoms with Crippen LogP contribution in [0, 0.1) is 6.57 Å². The van der Waals surface area contributed by atoms with E-state index in [9.17, 15) is 14.7 Å². The van der Waals surface area contributed by atoms with Gasteiger partial charge in [0.05, 0.1) is 24.8 Å². The Kier molecular flexibility index (Phi) is 7.33. The third kappa shape index (κ3) is 5.77. The molecule has 1 amide bonds. The van der Waals surface area contributed by atoms with Crippen LogP contribution in [-0.4, -0.2) is 67.9 Å². The molecule has 3 rings (SSSR count). The molecule has 8 nitrogen and oxygen atoms in total. The summed E-state index contributed by atoms with van der Waals surface area (Å²) in [5.41, 5.74) is 0.952. The van der Waals surface area contributed by atoms with Crippen LogP contribution in [0.1, 0.15) is 23.2 Å². The van der Waals surface area contributed by atoms with Crippen LogP contribution in [0.3, 0.4) is 0 Å². The number of likely N-dealkylation sites (tertiary alicyclic amines) is 1. The maximum atomic E-state index is 12.5. The number of methoxy groups -OCH3 is 1. The summed E-state index contributed by atoms with van der Waals surface area (Å²) in [6.07, 6.45) is 0.923. The predicted molar refractivity (Wildman–Crippen MR) is 120 cm³/mol. The van der Waals surface area contributed by atoms with E-state index in [0.29, 0.717) is 49.5 Å². The largest absolute Gasteiger partial charge is 0.484 e. The van der Waals surface area contributed by atoms with Crippen LogP contribution < -0.4 is 9.64 Å². The van der Waals surface area contributed by atoms with Crippen LogP contribution in [0.25, 0.3) is 4.85 Å². The van der Waals surface area contributed by atoms with Gasteiger partial charge in [-0.05, 0) is 49.2 Å². The van der Waals surface area contributed by atoms with Gasteiger partial charge in [-0.1, -0.05) is 12.1 Å². The number of benzene rings is 2. The van der Waals surface area contributed by atoms with Crippen molar-refractivity contribution in [3.05, 3.63) is 65.5 Å². The van der Waals surface area contributed by atoms with Gasteiger partial charge in [0.2, 0.25) is 0 Å². The maximum Gasteiger partial charge on any atom is 0.337 e. The van der Waals surface area contributed by atoms with Crippen molar-refractivity contribution in [2.75, 3.05) is 45.3 Å². The fraction of sp³-hybridized carbons (Fsp3) is 0.375. The highest BCUT2D eigenvalue weighted by Crippen LogP contribution is 2.26. The van der Waals surface area contributed by atoms with E-state index in [-0.39, 0.29) is 18.5 Å². The first-order valence-corrected chi connectivity index (χ1v) is 10.3. The lowest BCUT2D eigenvalue weighted by Crippen LogP contribution is -2.52. The summed E-state index contributed by atoms with van der Waals surface area (Å²) < 4.78 is 10.2. The molecular formula is C24H27N3O5. The summed E-state index contributed by atoms with van der Waals surface area (Å²) in [7, 11) is 3.23. The van der Waals surface area contributed by atoms with Gasteiger partial charge in [0.25, 0.3) is 5.91 Å². The van der Waals surface area contributed by atoms with Gasteiger partial charge < -0.3 is 24.4 Å². The van der Waals surface area contributed by atoms with Gasteiger partial charge in [0.15, 0.2) is 12.3 Å². The van der Waals surface area contributed by atoms with Gasteiger partial charge in [0.1, 0.15) is 5.75 Å². The molecule has 1 fully saturated rings. The van der Waals surface area contributed by atoms with Gasteiger partial charge in [-0.25, -0.2) is 9.64 Å². The minimum Gasteiger partial charge on any atom is -0.484 e. The number of hydrogen-bond donors (Lipinski definition) is 1. The lowest BCUT2D eigenvalue weighted by atomic mass is 9.90. The zero-order valence-electron chi connectivity index (χ0n) is 18.3. The zero-order chi connectivity index (χ0) is 23.1. The molecule has 1 saturated heterocycles. The van der Waals surface area contributed by atoms with Crippen LogP contribution in [0.5, 0.6) is 5.75 Å². The number of carbonyl (C=O) groups is 2. The van der Waals surface area contributed by atoms with E-state index < -0.39 is 5.60 Å². The minimum atomic E-state index is -0.914. The second-order valence-corrected chi connectivity index (χ2v) is 7.89. The average molecular weight is 437 g/mol. The fourth-order valence-corrected chi connectivity index (χ4v) is 3.69. The van der Waals surface area contributed by atoms with Crippen molar-refractivity contribution in [2.45, 2.75) is 18.4 Å². The number of anilines is 1. The Morgan fingerprint density at radius 2 is 1.75 bits per heavy atom. The van der Waals surface area contributed by atoms with E-state index in [4.69, 9.17) is 16.0 Å². The first-order valence-electron chi connectivity index (χ1n) is 10.3. The van der Waals surface area contributed by atoms with Gasteiger partial charge in [-0.15, -0.1) is 0 Å². The highest BCUT2D eigenvalue weighted by atomic mass is 16.5. The predicted octanol–water partition coefficient (Wildman–Crippen LogP) is 2.89. The number of esters is 1. The molecule has 0 unspecified atom stereocenters. The number of nitrogens with zero attached hydrogens (tertiary/aromatic N) is 3. The van der Waals surface area contributed by atoms with E-state index in [1.807, 2.05) is 24.1 Å². The Labute approximate surface area is 187 Å². The van der Waals surface area contributed by atoms with Crippen molar-refractivity contribution >= 4 is 23.3 Å².